The molecule has 1 saturated carbocycles. The largest absolute Gasteiger partial charge is 0.460 e. The van der Waals surface area contributed by atoms with Crippen LogP contribution in [-0.2, 0) is 9.53 Å². The lowest BCUT2D eigenvalue weighted by Crippen LogP contribution is -2.36. The van der Waals surface area contributed by atoms with Gasteiger partial charge in [0.05, 0.1) is 5.92 Å². The van der Waals surface area contributed by atoms with E-state index in [1.54, 1.807) is 0 Å². The van der Waals surface area contributed by atoms with Gasteiger partial charge in [-0.1, -0.05) is 0 Å². The van der Waals surface area contributed by atoms with Crippen LogP contribution >= 0.6 is 0 Å². The number of carbonyl (C=O) groups excluding carboxylic acids is 1. The summed E-state index contributed by atoms with van der Waals surface area (Å²) in [6.07, 6.45) is 2.77. The van der Waals surface area contributed by atoms with Gasteiger partial charge in [-0.3, -0.25) is 4.79 Å². The molecule has 1 heterocycles. The number of hydrogen-bond donors (Lipinski definition) is 1. The summed E-state index contributed by atoms with van der Waals surface area (Å²) in [5.74, 6) is 0.141. The highest BCUT2D eigenvalue weighted by molar-refractivity contribution is 5.75. The number of hydrogen-bond acceptors (Lipinski definition) is 3. The molecule has 10 heavy (non-hydrogen) atoms. The number of carbonyl (C=O) groups is 1. The Labute approximate surface area is 59.5 Å². The molecule has 3 nitrogen and oxygen atoms in total. The molecular weight excluding hydrogens is 130 g/mol. The molecule has 0 aromatic carbocycles. The van der Waals surface area contributed by atoms with Gasteiger partial charge >= 0.3 is 5.97 Å². The van der Waals surface area contributed by atoms with Gasteiger partial charge in [0, 0.05) is 6.04 Å². The number of ether oxygens (including phenoxy) is 1. The molecule has 2 bridgehead atoms. The lowest BCUT2D eigenvalue weighted by molar-refractivity contribution is -0.143. The van der Waals surface area contributed by atoms with Gasteiger partial charge in [-0.15, -0.1) is 0 Å². The van der Waals surface area contributed by atoms with Crippen molar-refractivity contribution in [1.29, 1.82) is 0 Å². The topological polar surface area (TPSA) is 52.3 Å². The zero-order valence-electron chi connectivity index (χ0n) is 5.75. The second kappa shape index (κ2) is 1.95. The summed E-state index contributed by atoms with van der Waals surface area (Å²) >= 11 is 0. The average Bonchev–Trinajstić information content (AvgIpc) is 2.21. The summed E-state index contributed by atoms with van der Waals surface area (Å²) in [6, 6.07) is 0.0997. The maximum Gasteiger partial charge on any atom is 0.309 e. The van der Waals surface area contributed by atoms with E-state index < -0.39 is 0 Å². The summed E-state index contributed by atoms with van der Waals surface area (Å²) in [5.41, 5.74) is 5.70. The smallest absolute Gasteiger partial charge is 0.309 e. The second-order valence-corrected chi connectivity index (χ2v) is 3.15. The van der Waals surface area contributed by atoms with Gasteiger partial charge in [-0.25, -0.2) is 0 Å². The van der Waals surface area contributed by atoms with Crippen LogP contribution in [0.5, 0.6) is 0 Å². The first-order valence-corrected chi connectivity index (χ1v) is 3.73. The molecule has 0 aromatic rings. The van der Waals surface area contributed by atoms with Crippen molar-refractivity contribution in [2.75, 3.05) is 0 Å². The molecule has 1 aliphatic carbocycles. The highest BCUT2D eigenvalue weighted by Crippen LogP contribution is 2.33. The highest BCUT2D eigenvalue weighted by Gasteiger charge is 2.41. The molecule has 0 radical (unpaired) electrons. The first-order valence-electron chi connectivity index (χ1n) is 3.73. The zero-order chi connectivity index (χ0) is 7.14. The summed E-state index contributed by atoms with van der Waals surface area (Å²) in [7, 11) is 0. The van der Waals surface area contributed by atoms with Gasteiger partial charge in [0.1, 0.15) is 6.10 Å². The van der Waals surface area contributed by atoms with Gasteiger partial charge in [0.2, 0.25) is 0 Å². The van der Waals surface area contributed by atoms with E-state index in [2.05, 4.69) is 0 Å². The van der Waals surface area contributed by atoms with E-state index in [9.17, 15) is 4.79 Å². The normalized spacial score (nSPS) is 45.3. The Morgan fingerprint density at radius 1 is 1.50 bits per heavy atom. The van der Waals surface area contributed by atoms with Crippen LogP contribution in [-0.4, -0.2) is 18.1 Å². The summed E-state index contributed by atoms with van der Waals surface area (Å²) in [6.45, 7) is 0. The number of rotatable bonds is 0. The van der Waals surface area contributed by atoms with Crippen molar-refractivity contribution in [1.82, 2.24) is 0 Å². The van der Waals surface area contributed by atoms with Crippen LogP contribution in [0.3, 0.4) is 0 Å². The standard InChI is InChI=1S/C7H11NO2/c8-5-2-1-4-3-6(5)10-7(4)9/h4-6H,1-3,8H2. The predicted octanol–water partition coefficient (Wildman–Crippen LogP) is 0.0392. The highest BCUT2D eigenvalue weighted by atomic mass is 16.6. The zero-order valence-corrected chi connectivity index (χ0v) is 5.75. The molecule has 0 spiro atoms. The Morgan fingerprint density at radius 3 is 3.00 bits per heavy atom. The maximum absolute atomic E-state index is 10.9. The van der Waals surface area contributed by atoms with Crippen molar-refractivity contribution < 1.29 is 9.53 Å². The number of fused-ring (bicyclic) bond motifs is 2. The SMILES string of the molecule is NC1CCC2CC1OC2=O. The first kappa shape index (κ1) is 6.16. The minimum Gasteiger partial charge on any atom is -0.460 e. The van der Waals surface area contributed by atoms with Crippen LogP contribution in [0.15, 0.2) is 0 Å². The van der Waals surface area contributed by atoms with E-state index in [-0.39, 0.29) is 24.0 Å². The third-order valence-electron chi connectivity index (χ3n) is 2.44. The molecule has 0 aromatic heterocycles. The van der Waals surface area contributed by atoms with Crippen molar-refractivity contribution in [3.8, 4) is 0 Å². The summed E-state index contributed by atoms with van der Waals surface area (Å²) in [5, 5.41) is 0. The van der Waals surface area contributed by atoms with E-state index in [0.29, 0.717) is 0 Å². The van der Waals surface area contributed by atoms with Crippen molar-refractivity contribution in [3.05, 3.63) is 0 Å². The fourth-order valence-corrected chi connectivity index (χ4v) is 1.75. The van der Waals surface area contributed by atoms with Crippen molar-refractivity contribution in [2.24, 2.45) is 11.7 Å². The third kappa shape index (κ3) is 0.736. The molecule has 3 atom stereocenters. The molecular formula is C7H11NO2. The van der Waals surface area contributed by atoms with E-state index in [1.165, 1.54) is 0 Å². The molecule has 2 N–H and O–H groups in total. The Bertz CT molecular complexity index is 169. The van der Waals surface area contributed by atoms with Crippen LogP contribution in [0.2, 0.25) is 0 Å². The van der Waals surface area contributed by atoms with Crippen LogP contribution in [0.25, 0.3) is 0 Å². The van der Waals surface area contributed by atoms with Crippen molar-refractivity contribution in [2.45, 2.75) is 31.4 Å². The average molecular weight is 141 g/mol. The van der Waals surface area contributed by atoms with Gasteiger partial charge in [-0.05, 0) is 19.3 Å². The minimum atomic E-state index is -0.0297. The molecule has 1 saturated heterocycles. The monoisotopic (exact) mass is 141 g/mol. The Morgan fingerprint density at radius 2 is 2.30 bits per heavy atom. The van der Waals surface area contributed by atoms with Crippen LogP contribution in [0.1, 0.15) is 19.3 Å². The molecule has 2 fully saturated rings. The van der Waals surface area contributed by atoms with Gasteiger partial charge < -0.3 is 10.5 Å². The van der Waals surface area contributed by atoms with Crippen LogP contribution in [0, 0.1) is 5.92 Å². The molecule has 3 heteroatoms. The molecule has 56 valence electrons. The van der Waals surface area contributed by atoms with Gasteiger partial charge in [0.15, 0.2) is 0 Å². The van der Waals surface area contributed by atoms with Crippen molar-refractivity contribution >= 4 is 5.97 Å². The fourth-order valence-electron chi connectivity index (χ4n) is 1.75. The van der Waals surface area contributed by atoms with E-state index >= 15 is 0 Å². The van der Waals surface area contributed by atoms with Crippen LogP contribution < -0.4 is 5.73 Å². The Balaban J connectivity index is 2.15. The molecule has 3 unspecified atom stereocenters. The van der Waals surface area contributed by atoms with Gasteiger partial charge in [-0.2, -0.15) is 0 Å². The van der Waals surface area contributed by atoms with Crippen molar-refractivity contribution in [3.63, 3.8) is 0 Å². The second-order valence-electron chi connectivity index (χ2n) is 3.15. The van der Waals surface area contributed by atoms with E-state index in [1.807, 2.05) is 0 Å². The fraction of sp³-hybridized carbons (Fsp3) is 0.857. The lowest BCUT2D eigenvalue weighted by Gasteiger charge is -2.20. The number of nitrogens with two attached hydrogens (primary N) is 1. The molecule has 0 amide bonds. The Hall–Kier alpha value is -0.570. The number of esters is 1. The molecule has 2 aliphatic rings. The molecule has 2 rings (SSSR count). The first-order chi connectivity index (χ1) is 4.77. The quantitative estimate of drug-likeness (QED) is 0.484. The Kier molecular flexibility index (Phi) is 1.20. The third-order valence-corrected chi connectivity index (χ3v) is 2.44. The molecule has 1 aliphatic heterocycles. The van der Waals surface area contributed by atoms with Gasteiger partial charge in [0.25, 0.3) is 0 Å². The summed E-state index contributed by atoms with van der Waals surface area (Å²) < 4.78 is 5.03. The predicted molar refractivity (Wildman–Crippen MR) is 35.2 cm³/mol. The van der Waals surface area contributed by atoms with E-state index in [4.69, 9.17) is 10.5 Å². The maximum atomic E-state index is 10.9. The lowest BCUT2D eigenvalue weighted by atomic mass is 9.87. The van der Waals surface area contributed by atoms with Crippen LogP contribution in [0.4, 0.5) is 0 Å². The minimum absolute atomic E-state index is 0.0297. The van der Waals surface area contributed by atoms with E-state index in [0.717, 1.165) is 19.3 Å². The summed E-state index contributed by atoms with van der Waals surface area (Å²) in [4.78, 5) is 10.9.